The van der Waals surface area contributed by atoms with E-state index in [0.29, 0.717) is 5.56 Å². The molecule has 1 aromatic heterocycles. The molecule has 0 spiro atoms. The molecule has 0 aliphatic carbocycles. The number of nitrogens with zero attached hydrogens (tertiary/aromatic N) is 1. The Bertz CT molecular complexity index is 224. The summed E-state index contributed by atoms with van der Waals surface area (Å²) in [5.41, 5.74) is 2.28. The lowest BCUT2D eigenvalue weighted by molar-refractivity contribution is 0.112. The maximum Gasteiger partial charge on any atom is 0.153 e. The maximum absolute atomic E-state index is 10.2. The molecule has 12 heavy (non-hydrogen) atoms. The Hall–Kier alpha value is -1.16. The average Bonchev–Trinajstić information content (AvgIpc) is 2.33. The molecule has 0 aromatic carbocycles. The summed E-state index contributed by atoms with van der Waals surface area (Å²) < 4.78 is 4.25. The van der Waals surface area contributed by atoms with Gasteiger partial charge in [-0.05, 0) is 13.8 Å². The molecule has 0 saturated heterocycles. The zero-order chi connectivity index (χ0) is 9.56. The Morgan fingerprint density at radius 2 is 1.92 bits per heavy atom. The fourth-order valence-corrected chi connectivity index (χ4v) is 0.733. The summed E-state index contributed by atoms with van der Waals surface area (Å²) in [6.45, 7) is 3.62. The first-order chi connectivity index (χ1) is 5.67. The third-order valence-corrected chi connectivity index (χ3v) is 1.30. The van der Waals surface area contributed by atoms with Crippen molar-refractivity contribution in [3.63, 3.8) is 0 Å². The average molecular weight is 170 g/mol. The van der Waals surface area contributed by atoms with E-state index in [1.54, 1.807) is 21.1 Å². The largest absolute Gasteiger partial charge is 0.388 e. The molecule has 1 rings (SSSR count). The Balaban J connectivity index is 0.000000354. The molecule has 1 heterocycles. The summed E-state index contributed by atoms with van der Waals surface area (Å²) in [5.74, 6) is 0. The van der Waals surface area contributed by atoms with Crippen LogP contribution < -0.4 is 0 Å². The molecular formula is C8H14N2O2. The van der Waals surface area contributed by atoms with E-state index in [1.165, 1.54) is 0 Å². The van der Waals surface area contributed by atoms with Gasteiger partial charge in [0.05, 0.1) is 11.3 Å². The quantitative estimate of drug-likeness (QED) is 0.642. The molecule has 68 valence electrons. The van der Waals surface area contributed by atoms with Crippen LogP contribution in [0.2, 0.25) is 0 Å². The number of H-pyrrole nitrogens is 1. The van der Waals surface area contributed by atoms with Gasteiger partial charge in [-0.15, -0.1) is 0 Å². The number of carbonyl (C=O) groups is 1. The van der Waals surface area contributed by atoms with Gasteiger partial charge in [0, 0.05) is 19.9 Å². The molecule has 0 aliphatic rings. The SMILES string of the molecule is COC.Cc1n[nH]c(C)c1C=O. The predicted molar refractivity (Wildman–Crippen MR) is 46.4 cm³/mol. The van der Waals surface area contributed by atoms with Gasteiger partial charge < -0.3 is 4.74 Å². The second kappa shape index (κ2) is 5.49. The molecule has 1 aromatic rings. The van der Waals surface area contributed by atoms with Crippen LogP contribution in [0.4, 0.5) is 0 Å². The number of aldehydes is 1. The fourth-order valence-electron chi connectivity index (χ4n) is 0.733. The maximum atomic E-state index is 10.2. The van der Waals surface area contributed by atoms with Gasteiger partial charge >= 0.3 is 0 Å². The number of ether oxygens (including phenoxy) is 1. The summed E-state index contributed by atoms with van der Waals surface area (Å²) in [6.07, 6.45) is 0.814. The van der Waals surface area contributed by atoms with Crippen LogP contribution in [0.15, 0.2) is 0 Å². The van der Waals surface area contributed by atoms with E-state index in [9.17, 15) is 4.79 Å². The van der Waals surface area contributed by atoms with Crippen molar-refractivity contribution in [1.82, 2.24) is 10.2 Å². The molecule has 0 amide bonds. The van der Waals surface area contributed by atoms with Crippen molar-refractivity contribution in [3.8, 4) is 0 Å². The number of nitrogens with one attached hydrogen (secondary N) is 1. The highest BCUT2D eigenvalue weighted by molar-refractivity contribution is 5.77. The van der Waals surface area contributed by atoms with Gasteiger partial charge in [-0.3, -0.25) is 9.89 Å². The van der Waals surface area contributed by atoms with E-state index in [0.717, 1.165) is 17.7 Å². The molecule has 0 bridgehead atoms. The highest BCUT2D eigenvalue weighted by atomic mass is 16.4. The minimum atomic E-state index is 0.676. The zero-order valence-corrected chi connectivity index (χ0v) is 7.84. The molecule has 1 N–H and O–H groups in total. The molecule has 0 unspecified atom stereocenters. The number of aryl methyl sites for hydroxylation is 2. The van der Waals surface area contributed by atoms with Gasteiger partial charge in [0.1, 0.15) is 0 Å². The Morgan fingerprint density at radius 3 is 2.08 bits per heavy atom. The lowest BCUT2D eigenvalue weighted by Crippen LogP contribution is -1.82. The fraction of sp³-hybridized carbons (Fsp3) is 0.500. The van der Waals surface area contributed by atoms with E-state index in [1.807, 2.05) is 6.92 Å². The smallest absolute Gasteiger partial charge is 0.153 e. The zero-order valence-electron chi connectivity index (χ0n) is 7.84. The van der Waals surface area contributed by atoms with Crippen molar-refractivity contribution in [3.05, 3.63) is 17.0 Å². The number of methoxy groups -OCH3 is 1. The van der Waals surface area contributed by atoms with Crippen LogP contribution in [0.25, 0.3) is 0 Å². The summed E-state index contributed by atoms with van der Waals surface area (Å²) in [7, 11) is 3.25. The topological polar surface area (TPSA) is 55.0 Å². The van der Waals surface area contributed by atoms with Gasteiger partial charge in [-0.2, -0.15) is 5.10 Å². The van der Waals surface area contributed by atoms with E-state index in [4.69, 9.17) is 0 Å². The van der Waals surface area contributed by atoms with Gasteiger partial charge in [0.2, 0.25) is 0 Å². The third-order valence-electron chi connectivity index (χ3n) is 1.30. The molecule has 0 saturated carbocycles. The highest BCUT2D eigenvalue weighted by Crippen LogP contribution is 2.04. The standard InChI is InChI=1S/C6H8N2O.C2H6O/c1-4-6(3-9)5(2)8-7-4;1-3-2/h3H,1-2H3,(H,7,8);1-2H3. The van der Waals surface area contributed by atoms with Crippen LogP contribution in [0, 0.1) is 13.8 Å². The lowest BCUT2D eigenvalue weighted by atomic mass is 10.2. The second-order valence-electron chi connectivity index (χ2n) is 2.37. The van der Waals surface area contributed by atoms with Crippen molar-refractivity contribution >= 4 is 6.29 Å². The van der Waals surface area contributed by atoms with Crippen LogP contribution in [0.5, 0.6) is 0 Å². The second-order valence-corrected chi connectivity index (χ2v) is 2.37. The lowest BCUT2D eigenvalue weighted by Gasteiger charge is -1.82. The van der Waals surface area contributed by atoms with Crippen molar-refractivity contribution < 1.29 is 9.53 Å². The van der Waals surface area contributed by atoms with Crippen molar-refractivity contribution in [2.75, 3.05) is 14.2 Å². The van der Waals surface area contributed by atoms with Crippen LogP contribution in [-0.4, -0.2) is 30.7 Å². The van der Waals surface area contributed by atoms with E-state index >= 15 is 0 Å². The molecule has 0 radical (unpaired) electrons. The first-order valence-corrected chi connectivity index (χ1v) is 3.54. The number of aromatic amines is 1. The van der Waals surface area contributed by atoms with Crippen molar-refractivity contribution in [1.29, 1.82) is 0 Å². The molecule has 4 nitrogen and oxygen atoms in total. The number of hydrogen-bond donors (Lipinski definition) is 1. The molecule has 0 aliphatic heterocycles. The minimum Gasteiger partial charge on any atom is -0.388 e. The first-order valence-electron chi connectivity index (χ1n) is 3.54. The van der Waals surface area contributed by atoms with Gasteiger partial charge in [-0.25, -0.2) is 0 Å². The summed E-state index contributed by atoms with van der Waals surface area (Å²) in [5, 5.41) is 6.54. The van der Waals surface area contributed by atoms with Crippen molar-refractivity contribution in [2.45, 2.75) is 13.8 Å². The summed E-state index contributed by atoms with van der Waals surface area (Å²) >= 11 is 0. The first kappa shape index (κ1) is 10.8. The van der Waals surface area contributed by atoms with Crippen LogP contribution in [0.3, 0.4) is 0 Å². The summed E-state index contributed by atoms with van der Waals surface area (Å²) in [4.78, 5) is 10.2. The van der Waals surface area contributed by atoms with Gasteiger partial charge in [0.25, 0.3) is 0 Å². The van der Waals surface area contributed by atoms with Crippen molar-refractivity contribution in [2.24, 2.45) is 0 Å². The van der Waals surface area contributed by atoms with Crippen LogP contribution >= 0.6 is 0 Å². The molecule has 0 atom stereocenters. The number of carbonyl (C=O) groups excluding carboxylic acids is 1. The third kappa shape index (κ3) is 2.84. The summed E-state index contributed by atoms with van der Waals surface area (Å²) in [6, 6.07) is 0. The number of aromatic nitrogens is 2. The Morgan fingerprint density at radius 1 is 1.42 bits per heavy atom. The predicted octanol–water partition coefficient (Wildman–Crippen LogP) is 1.10. The Labute approximate surface area is 71.9 Å². The van der Waals surface area contributed by atoms with Crippen LogP contribution in [0.1, 0.15) is 21.7 Å². The highest BCUT2D eigenvalue weighted by Gasteiger charge is 2.01. The van der Waals surface area contributed by atoms with Crippen LogP contribution in [-0.2, 0) is 4.74 Å². The number of rotatable bonds is 1. The molecular weight excluding hydrogens is 156 g/mol. The van der Waals surface area contributed by atoms with Gasteiger partial charge in [0.15, 0.2) is 6.29 Å². The van der Waals surface area contributed by atoms with E-state index in [-0.39, 0.29) is 0 Å². The van der Waals surface area contributed by atoms with Gasteiger partial charge in [-0.1, -0.05) is 0 Å². The molecule has 0 fully saturated rings. The van der Waals surface area contributed by atoms with E-state index in [2.05, 4.69) is 14.9 Å². The monoisotopic (exact) mass is 170 g/mol. The normalized spacial score (nSPS) is 8.67. The van der Waals surface area contributed by atoms with E-state index < -0.39 is 0 Å². The molecule has 4 heteroatoms. The number of hydrogen-bond acceptors (Lipinski definition) is 3. The minimum absolute atomic E-state index is 0.676. The Kier molecular flexibility index (Phi) is 4.96.